The molecule has 0 atom stereocenters. The summed E-state index contributed by atoms with van der Waals surface area (Å²) in [5.74, 6) is 2.27. The van der Waals surface area contributed by atoms with Crippen LogP contribution in [0.4, 0.5) is 4.39 Å². The van der Waals surface area contributed by atoms with Crippen molar-refractivity contribution in [2.45, 2.75) is 6.42 Å². The maximum absolute atomic E-state index is 12.5. The van der Waals surface area contributed by atoms with Crippen LogP contribution in [0.3, 0.4) is 0 Å². The number of hydrogen-bond acceptors (Lipinski definition) is 2. The summed E-state index contributed by atoms with van der Waals surface area (Å²) in [5.41, 5.74) is 0. The van der Waals surface area contributed by atoms with Gasteiger partial charge in [-0.1, -0.05) is 0 Å². The standard InChI is InChI=1S/C12H12FNO2/c1-2-3-8-14-12(15)9-16-11-6-4-10(13)5-7-11/h1,4-7H,3,8-9H2,(H,14,15). The van der Waals surface area contributed by atoms with Gasteiger partial charge in [0.05, 0.1) is 0 Å². The van der Waals surface area contributed by atoms with Crippen molar-refractivity contribution in [2.24, 2.45) is 0 Å². The number of hydrogen-bond donors (Lipinski definition) is 1. The minimum Gasteiger partial charge on any atom is -0.484 e. The molecule has 0 aliphatic carbocycles. The Morgan fingerprint density at radius 3 is 2.75 bits per heavy atom. The maximum atomic E-state index is 12.5. The molecule has 0 heterocycles. The summed E-state index contributed by atoms with van der Waals surface area (Å²) < 4.78 is 17.7. The molecule has 1 aromatic carbocycles. The molecule has 1 N–H and O–H groups in total. The molecular weight excluding hydrogens is 209 g/mol. The molecule has 1 aromatic rings. The zero-order chi connectivity index (χ0) is 11.8. The highest BCUT2D eigenvalue weighted by Crippen LogP contribution is 2.10. The van der Waals surface area contributed by atoms with Gasteiger partial charge in [0.1, 0.15) is 11.6 Å². The SMILES string of the molecule is C#CCCNC(=O)COc1ccc(F)cc1. The van der Waals surface area contributed by atoms with E-state index in [1.807, 2.05) is 0 Å². The third-order valence-corrected chi connectivity index (χ3v) is 1.78. The van der Waals surface area contributed by atoms with Gasteiger partial charge in [0, 0.05) is 13.0 Å². The van der Waals surface area contributed by atoms with Crippen molar-refractivity contribution in [3.05, 3.63) is 30.1 Å². The molecular formula is C12H12FNO2. The zero-order valence-electron chi connectivity index (χ0n) is 8.70. The van der Waals surface area contributed by atoms with Crippen LogP contribution in [0.15, 0.2) is 24.3 Å². The van der Waals surface area contributed by atoms with Crippen LogP contribution in [-0.4, -0.2) is 19.1 Å². The Hall–Kier alpha value is -2.02. The summed E-state index contributed by atoms with van der Waals surface area (Å²) in [6.45, 7) is 0.332. The molecule has 0 spiro atoms. The number of benzene rings is 1. The fraction of sp³-hybridized carbons (Fsp3) is 0.250. The van der Waals surface area contributed by atoms with Gasteiger partial charge in [0.2, 0.25) is 0 Å². The van der Waals surface area contributed by atoms with Crippen molar-refractivity contribution in [3.63, 3.8) is 0 Å². The van der Waals surface area contributed by atoms with Gasteiger partial charge in [-0.3, -0.25) is 4.79 Å². The molecule has 1 amide bonds. The van der Waals surface area contributed by atoms with Crippen LogP contribution in [0.1, 0.15) is 6.42 Å². The Morgan fingerprint density at radius 2 is 2.12 bits per heavy atom. The summed E-state index contributed by atoms with van der Waals surface area (Å²) in [4.78, 5) is 11.2. The normalized spacial score (nSPS) is 9.25. The lowest BCUT2D eigenvalue weighted by molar-refractivity contribution is -0.123. The predicted octanol–water partition coefficient (Wildman–Crippen LogP) is 1.34. The van der Waals surface area contributed by atoms with Gasteiger partial charge in [-0.2, -0.15) is 0 Å². The monoisotopic (exact) mass is 221 g/mol. The topological polar surface area (TPSA) is 38.3 Å². The Bertz CT molecular complexity index is 381. The summed E-state index contributed by atoms with van der Waals surface area (Å²) in [7, 11) is 0. The highest BCUT2D eigenvalue weighted by molar-refractivity contribution is 5.77. The Morgan fingerprint density at radius 1 is 1.44 bits per heavy atom. The fourth-order valence-corrected chi connectivity index (χ4v) is 1.00. The van der Waals surface area contributed by atoms with Crippen LogP contribution in [0.2, 0.25) is 0 Å². The van der Waals surface area contributed by atoms with E-state index in [4.69, 9.17) is 11.2 Å². The first-order valence-electron chi connectivity index (χ1n) is 4.81. The molecule has 0 aliphatic rings. The van der Waals surface area contributed by atoms with Crippen molar-refractivity contribution in [1.29, 1.82) is 0 Å². The number of amides is 1. The first kappa shape index (κ1) is 12.1. The predicted molar refractivity (Wildman–Crippen MR) is 58.4 cm³/mol. The lowest BCUT2D eigenvalue weighted by Gasteiger charge is -2.06. The second kappa shape index (κ2) is 6.46. The van der Waals surface area contributed by atoms with Gasteiger partial charge in [0.25, 0.3) is 5.91 Å². The largest absolute Gasteiger partial charge is 0.484 e. The van der Waals surface area contributed by atoms with E-state index in [0.29, 0.717) is 18.7 Å². The highest BCUT2D eigenvalue weighted by Gasteiger charge is 2.01. The molecule has 0 aliphatic heterocycles. The van der Waals surface area contributed by atoms with Crippen LogP contribution < -0.4 is 10.1 Å². The van der Waals surface area contributed by atoms with E-state index in [1.54, 1.807) is 0 Å². The third kappa shape index (κ3) is 4.47. The van der Waals surface area contributed by atoms with Crippen LogP contribution in [0, 0.1) is 18.2 Å². The molecule has 0 fully saturated rings. The van der Waals surface area contributed by atoms with Crippen LogP contribution in [-0.2, 0) is 4.79 Å². The number of rotatable bonds is 5. The number of carbonyl (C=O) groups is 1. The number of halogens is 1. The summed E-state index contributed by atoms with van der Waals surface area (Å²) in [6, 6.07) is 5.46. The van der Waals surface area contributed by atoms with Gasteiger partial charge in [0.15, 0.2) is 6.61 Å². The maximum Gasteiger partial charge on any atom is 0.257 e. The second-order valence-corrected chi connectivity index (χ2v) is 3.05. The van der Waals surface area contributed by atoms with E-state index < -0.39 is 0 Å². The number of carbonyl (C=O) groups excluding carboxylic acids is 1. The lowest BCUT2D eigenvalue weighted by atomic mass is 10.3. The van der Waals surface area contributed by atoms with E-state index in [9.17, 15) is 9.18 Å². The van der Waals surface area contributed by atoms with Gasteiger partial charge < -0.3 is 10.1 Å². The van der Waals surface area contributed by atoms with Gasteiger partial charge in [-0.25, -0.2) is 4.39 Å². The average Bonchev–Trinajstić information content (AvgIpc) is 2.29. The Balaban J connectivity index is 2.26. The highest BCUT2D eigenvalue weighted by atomic mass is 19.1. The minimum absolute atomic E-state index is 0.101. The molecule has 0 saturated carbocycles. The van der Waals surface area contributed by atoms with E-state index >= 15 is 0 Å². The first-order chi connectivity index (χ1) is 7.72. The average molecular weight is 221 g/mol. The number of nitrogens with one attached hydrogen (secondary N) is 1. The van der Waals surface area contributed by atoms with Crippen molar-refractivity contribution in [1.82, 2.24) is 5.32 Å². The quantitative estimate of drug-likeness (QED) is 0.602. The Kier molecular flexibility index (Phi) is 4.87. The molecule has 84 valence electrons. The number of terminal acetylenes is 1. The minimum atomic E-state index is -0.342. The molecule has 0 saturated heterocycles. The van der Waals surface area contributed by atoms with Crippen LogP contribution in [0.25, 0.3) is 0 Å². The lowest BCUT2D eigenvalue weighted by Crippen LogP contribution is -2.29. The second-order valence-electron chi connectivity index (χ2n) is 3.05. The smallest absolute Gasteiger partial charge is 0.257 e. The van der Waals surface area contributed by atoms with Crippen LogP contribution >= 0.6 is 0 Å². The van der Waals surface area contributed by atoms with Crippen molar-refractivity contribution in [2.75, 3.05) is 13.2 Å². The fourth-order valence-electron chi connectivity index (χ4n) is 1.00. The molecule has 4 heteroatoms. The van der Waals surface area contributed by atoms with Gasteiger partial charge in [-0.05, 0) is 24.3 Å². The van der Waals surface area contributed by atoms with E-state index in [1.165, 1.54) is 24.3 Å². The molecule has 16 heavy (non-hydrogen) atoms. The molecule has 0 bridgehead atoms. The summed E-state index contributed by atoms with van der Waals surface area (Å²) in [5, 5.41) is 2.58. The molecule has 0 aromatic heterocycles. The molecule has 1 rings (SSSR count). The molecule has 0 unspecified atom stereocenters. The summed E-state index contributed by atoms with van der Waals surface area (Å²) in [6.07, 6.45) is 5.51. The van der Waals surface area contributed by atoms with E-state index in [-0.39, 0.29) is 18.3 Å². The zero-order valence-corrected chi connectivity index (χ0v) is 8.70. The summed E-state index contributed by atoms with van der Waals surface area (Å²) >= 11 is 0. The van der Waals surface area contributed by atoms with Crippen LogP contribution in [0.5, 0.6) is 5.75 Å². The van der Waals surface area contributed by atoms with Gasteiger partial charge >= 0.3 is 0 Å². The van der Waals surface area contributed by atoms with E-state index in [0.717, 1.165) is 0 Å². The number of ether oxygens (including phenoxy) is 1. The third-order valence-electron chi connectivity index (χ3n) is 1.78. The first-order valence-corrected chi connectivity index (χ1v) is 4.81. The molecule has 3 nitrogen and oxygen atoms in total. The molecule has 0 radical (unpaired) electrons. The van der Waals surface area contributed by atoms with Gasteiger partial charge in [-0.15, -0.1) is 12.3 Å². The van der Waals surface area contributed by atoms with Crippen molar-refractivity contribution < 1.29 is 13.9 Å². The van der Waals surface area contributed by atoms with Crippen molar-refractivity contribution in [3.8, 4) is 18.1 Å². The van der Waals surface area contributed by atoms with Crippen molar-refractivity contribution >= 4 is 5.91 Å². The van der Waals surface area contributed by atoms with E-state index in [2.05, 4.69) is 11.2 Å². The Labute approximate surface area is 93.6 Å².